The van der Waals surface area contributed by atoms with E-state index in [1.54, 1.807) is 6.33 Å². The molecule has 1 aromatic heterocycles. The quantitative estimate of drug-likeness (QED) is 0.842. The summed E-state index contributed by atoms with van der Waals surface area (Å²) in [6.45, 7) is 0. The molecule has 4 nitrogen and oxygen atoms in total. The van der Waals surface area contributed by atoms with Crippen LogP contribution in [0.2, 0.25) is 0 Å². The Morgan fingerprint density at radius 2 is 1.78 bits per heavy atom. The first-order chi connectivity index (χ1) is 8.66. The van der Waals surface area contributed by atoms with Gasteiger partial charge in [-0.15, -0.1) is 0 Å². The van der Waals surface area contributed by atoms with Crippen molar-refractivity contribution in [3.8, 4) is 0 Å². The monoisotopic (exact) mass is 246 g/mol. The largest absolute Gasteiger partial charge is 0.476 e. The maximum Gasteiger partial charge on any atom is 0.356 e. The number of imidazole rings is 1. The number of carboxylic acid groups (broad SMARTS) is 1. The summed E-state index contributed by atoms with van der Waals surface area (Å²) in [6.07, 6.45) is 9.17. The highest BCUT2D eigenvalue weighted by Crippen LogP contribution is 2.60. The lowest BCUT2D eigenvalue weighted by atomic mass is 9.48. The van der Waals surface area contributed by atoms with Crippen molar-refractivity contribution in [2.75, 3.05) is 0 Å². The van der Waals surface area contributed by atoms with Gasteiger partial charge >= 0.3 is 5.97 Å². The standard InChI is InChI=1S/C14H18N2O2/c17-13(18)11-12(16-7-15-11)14-4-8-1-9(5-14)3-10(2-8)6-14/h7-10H,1-6H2,(H,15,16)(H,17,18). The molecule has 0 unspecified atom stereocenters. The average molecular weight is 246 g/mol. The van der Waals surface area contributed by atoms with E-state index in [2.05, 4.69) is 9.97 Å². The number of aromatic carboxylic acids is 1. The third-order valence-electron chi connectivity index (χ3n) is 5.41. The summed E-state index contributed by atoms with van der Waals surface area (Å²) in [5.74, 6) is 1.57. The molecule has 4 fully saturated rings. The number of hydrogen-bond acceptors (Lipinski definition) is 2. The van der Waals surface area contributed by atoms with Gasteiger partial charge in [0.05, 0.1) is 12.0 Å². The first-order valence-corrected chi connectivity index (χ1v) is 6.93. The van der Waals surface area contributed by atoms with Crippen LogP contribution < -0.4 is 0 Å². The Morgan fingerprint density at radius 1 is 1.22 bits per heavy atom. The van der Waals surface area contributed by atoms with Crippen molar-refractivity contribution in [1.82, 2.24) is 9.97 Å². The Balaban J connectivity index is 1.79. The van der Waals surface area contributed by atoms with Gasteiger partial charge in [0, 0.05) is 5.41 Å². The summed E-state index contributed by atoms with van der Waals surface area (Å²) < 4.78 is 0. The Labute approximate surface area is 106 Å². The summed E-state index contributed by atoms with van der Waals surface area (Å²) >= 11 is 0. The van der Waals surface area contributed by atoms with Gasteiger partial charge < -0.3 is 10.1 Å². The predicted molar refractivity (Wildman–Crippen MR) is 65.4 cm³/mol. The third kappa shape index (κ3) is 1.32. The summed E-state index contributed by atoms with van der Waals surface area (Å²) in [5.41, 5.74) is 1.27. The number of nitrogens with one attached hydrogen (secondary N) is 1. The summed E-state index contributed by atoms with van der Waals surface area (Å²) in [4.78, 5) is 18.5. The Morgan fingerprint density at radius 3 is 2.28 bits per heavy atom. The maximum absolute atomic E-state index is 11.3. The molecular formula is C14H18N2O2. The van der Waals surface area contributed by atoms with Crippen LogP contribution in [0.25, 0.3) is 0 Å². The summed E-state index contributed by atoms with van der Waals surface area (Å²) in [5, 5.41) is 9.27. The van der Waals surface area contributed by atoms with Crippen LogP contribution in [0.4, 0.5) is 0 Å². The van der Waals surface area contributed by atoms with E-state index >= 15 is 0 Å². The van der Waals surface area contributed by atoms with Crippen molar-refractivity contribution in [1.29, 1.82) is 0 Å². The van der Waals surface area contributed by atoms with Crippen LogP contribution in [0.1, 0.15) is 54.7 Å². The van der Waals surface area contributed by atoms with Crippen molar-refractivity contribution in [2.45, 2.75) is 43.9 Å². The van der Waals surface area contributed by atoms with Crippen molar-refractivity contribution in [3.05, 3.63) is 17.7 Å². The lowest BCUT2D eigenvalue weighted by Gasteiger charge is -2.56. The fraction of sp³-hybridized carbons (Fsp3) is 0.714. The van der Waals surface area contributed by atoms with Crippen LogP contribution >= 0.6 is 0 Å². The van der Waals surface area contributed by atoms with Gasteiger partial charge in [-0.1, -0.05) is 0 Å². The van der Waals surface area contributed by atoms with Gasteiger partial charge in [0.15, 0.2) is 5.69 Å². The molecular weight excluding hydrogens is 228 g/mol. The van der Waals surface area contributed by atoms with Gasteiger partial charge in [0.2, 0.25) is 0 Å². The SMILES string of the molecule is O=C(O)c1nc[nH]c1C12CC3CC(CC(C3)C1)C2. The van der Waals surface area contributed by atoms with E-state index in [0.29, 0.717) is 0 Å². The number of aromatic nitrogens is 2. The van der Waals surface area contributed by atoms with Gasteiger partial charge in [-0.2, -0.15) is 0 Å². The molecule has 1 heterocycles. The minimum atomic E-state index is -0.887. The molecule has 4 aliphatic rings. The molecule has 5 rings (SSSR count). The Hall–Kier alpha value is -1.32. The second-order valence-electron chi connectivity index (χ2n) is 6.63. The molecule has 4 aliphatic carbocycles. The predicted octanol–water partition coefficient (Wildman–Crippen LogP) is 2.58. The van der Waals surface area contributed by atoms with Crippen LogP contribution in [-0.2, 0) is 5.41 Å². The first-order valence-electron chi connectivity index (χ1n) is 6.93. The number of carbonyl (C=O) groups is 1. The summed E-state index contributed by atoms with van der Waals surface area (Å²) in [6, 6.07) is 0. The Kier molecular flexibility index (Phi) is 1.98. The second-order valence-corrected chi connectivity index (χ2v) is 6.63. The molecule has 4 bridgehead atoms. The molecule has 18 heavy (non-hydrogen) atoms. The molecule has 96 valence electrons. The summed E-state index contributed by atoms with van der Waals surface area (Å²) in [7, 11) is 0. The maximum atomic E-state index is 11.3. The molecule has 0 spiro atoms. The number of hydrogen-bond donors (Lipinski definition) is 2. The fourth-order valence-electron chi connectivity index (χ4n) is 5.28. The molecule has 0 aromatic carbocycles. The first kappa shape index (κ1) is 10.6. The van der Waals surface area contributed by atoms with Crippen molar-refractivity contribution < 1.29 is 9.90 Å². The average Bonchev–Trinajstić information content (AvgIpc) is 2.76. The number of H-pyrrole nitrogens is 1. The van der Waals surface area contributed by atoms with E-state index in [0.717, 1.165) is 23.4 Å². The minimum Gasteiger partial charge on any atom is -0.476 e. The molecule has 2 N–H and O–H groups in total. The van der Waals surface area contributed by atoms with Crippen molar-refractivity contribution in [3.63, 3.8) is 0 Å². The van der Waals surface area contributed by atoms with Crippen molar-refractivity contribution >= 4 is 5.97 Å². The zero-order valence-electron chi connectivity index (χ0n) is 10.4. The van der Waals surface area contributed by atoms with E-state index in [4.69, 9.17) is 0 Å². The molecule has 0 aliphatic heterocycles. The lowest BCUT2D eigenvalue weighted by molar-refractivity contribution is -0.00768. The molecule has 4 saturated carbocycles. The highest BCUT2D eigenvalue weighted by atomic mass is 16.4. The molecule has 0 saturated heterocycles. The van der Waals surface area contributed by atoms with Crippen LogP contribution in [-0.4, -0.2) is 21.0 Å². The highest BCUT2D eigenvalue weighted by Gasteiger charge is 2.53. The molecule has 0 radical (unpaired) electrons. The second kappa shape index (κ2) is 3.37. The van der Waals surface area contributed by atoms with Crippen LogP contribution in [0.5, 0.6) is 0 Å². The third-order valence-corrected chi connectivity index (χ3v) is 5.41. The van der Waals surface area contributed by atoms with E-state index in [9.17, 15) is 9.90 Å². The van der Waals surface area contributed by atoms with Crippen LogP contribution in [0, 0.1) is 17.8 Å². The van der Waals surface area contributed by atoms with Gasteiger partial charge in [0.25, 0.3) is 0 Å². The van der Waals surface area contributed by atoms with E-state index in [1.807, 2.05) is 0 Å². The lowest BCUT2D eigenvalue weighted by Crippen LogP contribution is -2.49. The topological polar surface area (TPSA) is 66.0 Å². The molecule has 1 aromatic rings. The zero-order chi connectivity index (χ0) is 12.3. The highest BCUT2D eigenvalue weighted by molar-refractivity contribution is 5.87. The van der Waals surface area contributed by atoms with Gasteiger partial charge in [-0.3, -0.25) is 0 Å². The van der Waals surface area contributed by atoms with E-state index in [1.165, 1.54) is 38.5 Å². The number of carboxylic acids is 1. The van der Waals surface area contributed by atoms with Crippen LogP contribution in [0.15, 0.2) is 6.33 Å². The Bertz CT molecular complexity index is 470. The number of aromatic amines is 1. The normalized spacial score (nSPS) is 41.2. The van der Waals surface area contributed by atoms with E-state index in [-0.39, 0.29) is 11.1 Å². The van der Waals surface area contributed by atoms with E-state index < -0.39 is 5.97 Å². The van der Waals surface area contributed by atoms with Gasteiger partial charge in [-0.05, 0) is 56.3 Å². The van der Waals surface area contributed by atoms with Gasteiger partial charge in [0.1, 0.15) is 0 Å². The minimum absolute atomic E-state index is 0.0962. The number of rotatable bonds is 2. The number of nitrogens with zero attached hydrogens (tertiary/aromatic N) is 1. The fourth-order valence-corrected chi connectivity index (χ4v) is 5.28. The van der Waals surface area contributed by atoms with Crippen molar-refractivity contribution in [2.24, 2.45) is 17.8 Å². The van der Waals surface area contributed by atoms with Crippen LogP contribution in [0.3, 0.4) is 0 Å². The smallest absolute Gasteiger partial charge is 0.356 e. The van der Waals surface area contributed by atoms with Gasteiger partial charge in [-0.25, -0.2) is 9.78 Å². The molecule has 4 heteroatoms. The molecule has 0 atom stereocenters. The zero-order valence-corrected chi connectivity index (χ0v) is 10.4. The molecule has 0 amide bonds.